The molecule has 1 aromatic heterocycles. The van der Waals surface area contributed by atoms with E-state index in [0.717, 1.165) is 32.5 Å². The summed E-state index contributed by atoms with van der Waals surface area (Å²) in [6, 6.07) is 10.4. The molecule has 0 fully saturated rings. The van der Waals surface area contributed by atoms with Gasteiger partial charge in [-0.2, -0.15) is 0 Å². The van der Waals surface area contributed by atoms with Crippen molar-refractivity contribution in [1.82, 2.24) is 15.1 Å². The minimum absolute atomic E-state index is 0.0858. The maximum Gasteiger partial charge on any atom is 0.317 e. The van der Waals surface area contributed by atoms with Crippen LogP contribution >= 0.6 is 11.3 Å². The van der Waals surface area contributed by atoms with E-state index in [-0.39, 0.29) is 6.03 Å². The molecule has 26 heavy (non-hydrogen) atoms. The van der Waals surface area contributed by atoms with Crippen molar-refractivity contribution >= 4 is 17.4 Å². The lowest BCUT2D eigenvalue weighted by atomic mass is 10.0. The normalized spacial score (nSPS) is 18.1. The van der Waals surface area contributed by atoms with Gasteiger partial charge in [-0.1, -0.05) is 24.3 Å². The van der Waals surface area contributed by atoms with Crippen LogP contribution in [0.5, 0.6) is 0 Å². The Kier molecular flexibility index (Phi) is 5.24. The van der Waals surface area contributed by atoms with Crippen LogP contribution < -0.4 is 5.32 Å². The van der Waals surface area contributed by atoms with Gasteiger partial charge in [-0.25, -0.2) is 4.79 Å². The first-order valence-corrected chi connectivity index (χ1v) is 10.1. The molecule has 2 amide bonds. The van der Waals surface area contributed by atoms with Crippen LogP contribution in [-0.2, 0) is 25.9 Å². The number of fused-ring (bicyclic) bond motifs is 2. The molecule has 5 nitrogen and oxygen atoms in total. The summed E-state index contributed by atoms with van der Waals surface area (Å²) in [5.74, 6) is 0. The molecular formula is C20H25N3O2S. The zero-order chi connectivity index (χ0) is 17.9. The molecule has 0 saturated carbocycles. The number of amides is 2. The molecule has 138 valence electrons. The number of aliphatic hydroxyl groups is 1. The van der Waals surface area contributed by atoms with Gasteiger partial charge in [-0.15, -0.1) is 11.3 Å². The van der Waals surface area contributed by atoms with E-state index in [9.17, 15) is 9.90 Å². The average Bonchev–Trinajstić information content (AvgIpc) is 3.13. The number of thiophene rings is 1. The van der Waals surface area contributed by atoms with E-state index in [1.807, 2.05) is 28.4 Å². The quantitative estimate of drug-likeness (QED) is 0.867. The lowest BCUT2D eigenvalue weighted by Crippen LogP contribution is -2.47. The highest BCUT2D eigenvalue weighted by molar-refractivity contribution is 7.10. The van der Waals surface area contributed by atoms with Crippen LogP contribution in [0.25, 0.3) is 0 Å². The predicted molar refractivity (Wildman–Crippen MR) is 103 cm³/mol. The van der Waals surface area contributed by atoms with Gasteiger partial charge >= 0.3 is 6.03 Å². The van der Waals surface area contributed by atoms with Gasteiger partial charge in [-0.3, -0.25) is 4.90 Å². The van der Waals surface area contributed by atoms with Crippen molar-refractivity contribution in [2.24, 2.45) is 0 Å². The zero-order valence-corrected chi connectivity index (χ0v) is 15.7. The van der Waals surface area contributed by atoms with Crippen LogP contribution in [0, 0.1) is 0 Å². The number of carbonyl (C=O) groups is 1. The van der Waals surface area contributed by atoms with Crippen molar-refractivity contribution in [3.8, 4) is 0 Å². The summed E-state index contributed by atoms with van der Waals surface area (Å²) in [6.07, 6.45) is 1.40. The molecule has 1 atom stereocenters. The van der Waals surface area contributed by atoms with Gasteiger partial charge in [0, 0.05) is 44.1 Å². The topological polar surface area (TPSA) is 55.8 Å². The number of hydrogen-bond acceptors (Lipinski definition) is 4. The van der Waals surface area contributed by atoms with E-state index in [1.165, 1.54) is 21.6 Å². The van der Waals surface area contributed by atoms with Gasteiger partial charge in [-0.05, 0) is 41.0 Å². The molecule has 0 spiro atoms. The Balaban J connectivity index is 1.23. The maximum atomic E-state index is 12.4. The molecule has 1 aromatic carbocycles. The summed E-state index contributed by atoms with van der Waals surface area (Å²) in [6.45, 7) is 4.13. The fourth-order valence-electron chi connectivity index (χ4n) is 3.81. The van der Waals surface area contributed by atoms with Crippen molar-refractivity contribution in [2.45, 2.75) is 32.0 Å². The lowest BCUT2D eigenvalue weighted by Gasteiger charge is -2.31. The number of carbonyl (C=O) groups excluding carboxylic acids is 1. The molecule has 0 aliphatic carbocycles. The third-order valence-electron chi connectivity index (χ3n) is 5.26. The molecule has 1 unspecified atom stereocenters. The fourth-order valence-corrected chi connectivity index (χ4v) is 4.70. The summed E-state index contributed by atoms with van der Waals surface area (Å²) in [7, 11) is 0. The Morgan fingerprint density at radius 3 is 2.85 bits per heavy atom. The first-order valence-electron chi connectivity index (χ1n) is 9.24. The van der Waals surface area contributed by atoms with Crippen LogP contribution in [0.4, 0.5) is 4.79 Å². The van der Waals surface area contributed by atoms with Crippen LogP contribution in [0.15, 0.2) is 35.7 Å². The molecule has 2 aliphatic heterocycles. The number of urea groups is 1. The second kappa shape index (κ2) is 7.78. The molecule has 0 saturated heterocycles. The smallest absolute Gasteiger partial charge is 0.317 e. The number of rotatable bonds is 4. The highest BCUT2D eigenvalue weighted by Gasteiger charge is 2.22. The molecule has 0 radical (unpaired) electrons. The summed E-state index contributed by atoms with van der Waals surface area (Å²) >= 11 is 1.82. The van der Waals surface area contributed by atoms with Crippen LogP contribution in [-0.4, -0.2) is 53.2 Å². The van der Waals surface area contributed by atoms with Gasteiger partial charge in [0.15, 0.2) is 0 Å². The average molecular weight is 372 g/mol. The minimum Gasteiger partial charge on any atom is -0.390 e. The number of benzene rings is 1. The Hall–Kier alpha value is -1.89. The van der Waals surface area contributed by atoms with Gasteiger partial charge in [0.25, 0.3) is 0 Å². The van der Waals surface area contributed by atoms with Crippen molar-refractivity contribution in [3.63, 3.8) is 0 Å². The fraction of sp³-hybridized carbons (Fsp3) is 0.450. The van der Waals surface area contributed by atoms with Crippen LogP contribution in [0.1, 0.15) is 21.6 Å². The summed E-state index contributed by atoms with van der Waals surface area (Å²) < 4.78 is 0. The maximum absolute atomic E-state index is 12.4. The molecule has 2 N–H and O–H groups in total. The van der Waals surface area contributed by atoms with Crippen molar-refractivity contribution in [3.05, 3.63) is 57.3 Å². The molecule has 0 bridgehead atoms. The number of hydrogen-bond donors (Lipinski definition) is 2. The minimum atomic E-state index is -0.545. The van der Waals surface area contributed by atoms with E-state index in [2.05, 4.69) is 33.8 Å². The van der Waals surface area contributed by atoms with E-state index < -0.39 is 6.10 Å². The first kappa shape index (κ1) is 17.5. The number of nitrogens with one attached hydrogen (secondary N) is 1. The Morgan fingerprint density at radius 1 is 1.12 bits per heavy atom. The molecule has 2 aliphatic rings. The molecule has 6 heteroatoms. The standard InChI is InChI=1S/C20H25N3O2S/c24-18(14-22-8-6-19-17(12-22)7-10-26-19)11-21-20(25)23-9-5-15-3-1-2-4-16(15)13-23/h1-4,7,10,18,24H,5-6,8-9,11-14H2,(H,21,25). The van der Waals surface area contributed by atoms with Crippen LogP contribution in [0.2, 0.25) is 0 Å². The zero-order valence-electron chi connectivity index (χ0n) is 14.9. The third kappa shape index (κ3) is 3.92. The third-order valence-corrected chi connectivity index (χ3v) is 6.29. The SMILES string of the molecule is O=C(NCC(O)CN1CCc2sccc2C1)N1CCc2ccccc2C1. The van der Waals surface area contributed by atoms with Gasteiger partial charge in [0.05, 0.1) is 6.10 Å². The van der Waals surface area contributed by atoms with E-state index in [4.69, 9.17) is 0 Å². The molecule has 4 rings (SSSR count). The lowest BCUT2D eigenvalue weighted by molar-refractivity contribution is 0.103. The van der Waals surface area contributed by atoms with Crippen molar-refractivity contribution in [2.75, 3.05) is 26.2 Å². The molecular weight excluding hydrogens is 346 g/mol. The molecule has 2 aromatic rings. The number of aliphatic hydroxyl groups excluding tert-OH is 1. The number of β-amino-alcohol motifs (C(OH)–C–C–N with tert-alkyl or cyclic N) is 1. The molecule has 3 heterocycles. The van der Waals surface area contributed by atoms with Gasteiger partial charge in [0.1, 0.15) is 0 Å². The van der Waals surface area contributed by atoms with Crippen molar-refractivity contribution < 1.29 is 9.90 Å². The Bertz CT molecular complexity index is 776. The Morgan fingerprint density at radius 2 is 1.96 bits per heavy atom. The van der Waals surface area contributed by atoms with Crippen LogP contribution in [0.3, 0.4) is 0 Å². The predicted octanol–water partition coefficient (Wildman–Crippen LogP) is 2.23. The van der Waals surface area contributed by atoms with Gasteiger partial charge in [0.2, 0.25) is 0 Å². The second-order valence-electron chi connectivity index (χ2n) is 7.13. The summed E-state index contributed by atoms with van der Waals surface area (Å²) in [4.78, 5) is 18.0. The van der Waals surface area contributed by atoms with E-state index in [1.54, 1.807) is 0 Å². The first-order chi connectivity index (χ1) is 12.7. The Labute approximate surface area is 158 Å². The van der Waals surface area contributed by atoms with Gasteiger partial charge < -0.3 is 15.3 Å². The highest BCUT2D eigenvalue weighted by atomic mass is 32.1. The van der Waals surface area contributed by atoms with E-state index in [0.29, 0.717) is 19.6 Å². The summed E-state index contributed by atoms with van der Waals surface area (Å²) in [5.41, 5.74) is 3.92. The monoisotopic (exact) mass is 371 g/mol. The van der Waals surface area contributed by atoms with E-state index >= 15 is 0 Å². The van der Waals surface area contributed by atoms with Crippen molar-refractivity contribution in [1.29, 1.82) is 0 Å². The largest absolute Gasteiger partial charge is 0.390 e. The second-order valence-corrected chi connectivity index (χ2v) is 8.13. The number of nitrogens with zero attached hydrogens (tertiary/aromatic N) is 2. The highest BCUT2D eigenvalue weighted by Crippen LogP contribution is 2.24. The summed E-state index contributed by atoms with van der Waals surface area (Å²) in [5, 5.41) is 15.4.